The summed E-state index contributed by atoms with van der Waals surface area (Å²) in [5.41, 5.74) is 0. The summed E-state index contributed by atoms with van der Waals surface area (Å²) < 4.78 is 21.8. The van der Waals surface area contributed by atoms with Crippen LogP contribution in [0.3, 0.4) is 0 Å². The maximum Gasteiger partial charge on any atom is 0.146 e. The highest BCUT2D eigenvalue weighted by atomic mass is 16.7. The molecule has 0 amide bonds. The van der Waals surface area contributed by atoms with Gasteiger partial charge in [0.15, 0.2) is 0 Å². The van der Waals surface area contributed by atoms with E-state index in [9.17, 15) is 0 Å². The molecule has 4 nitrogen and oxygen atoms in total. The highest BCUT2D eigenvalue weighted by Gasteiger charge is 2.21. The zero-order chi connectivity index (χ0) is 15.3. The molecule has 0 bridgehead atoms. The zero-order valence-corrected chi connectivity index (χ0v) is 14.1. The van der Waals surface area contributed by atoms with Crippen molar-refractivity contribution >= 4 is 0 Å². The first-order valence-corrected chi connectivity index (χ1v) is 8.48. The molecule has 4 heteroatoms. The van der Waals surface area contributed by atoms with E-state index in [-0.39, 0.29) is 0 Å². The van der Waals surface area contributed by atoms with Crippen LogP contribution in [0.1, 0.15) is 52.4 Å². The van der Waals surface area contributed by atoms with Gasteiger partial charge in [-0.25, -0.2) is 0 Å². The lowest BCUT2D eigenvalue weighted by molar-refractivity contribution is -0.0712. The first kappa shape index (κ1) is 18.9. The smallest absolute Gasteiger partial charge is 0.146 e. The van der Waals surface area contributed by atoms with E-state index in [1.54, 1.807) is 7.11 Å². The molecule has 0 heterocycles. The van der Waals surface area contributed by atoms with Gasteiger partial charge in [-0.05, 0) is 64.2 Å². The lowest BCUT2D eigenvalue weighted by Crippen LogP contribution is -2.23. The summed E-state index contributed by atoms with van der Waals surface area (Å²) in [4.78, 5) is 0. The van der Waals surface area contributed by atoms with Crippen LogP contribution in [0.4, 0.5) is 0 Å². The average molecular weight is 302 g/mol. The van der Waals surface area contributed by atoms with Crippen molar-refractivity contribution < 1.29 is 18.9 Å². The molecule has 0 N–H and O–H groups in total. The Morgan fingerprint density at radius 2 is 1.48 bits per heavy atom. The Morgan fingerprint density at radius 1 is 0.857 bits per heavy atom. The van der Waals surface area contributed by atoms with Gasteiger partial charge >= 0.3 is 0 Å². The van der Waals surface area contributed by atoms with Gasteiger partial charge in [0.25, 0.3) is 0 Å². The van der Waals surface area contributed by atoms with Crippen LogP contribution in [0.15, 0.2) is 0 Å². The fraction of sp³-hybridized carbons (Fsp3) is 1.00. The summed E-state index contributed by atoms with van der Waals surface area (Å²) in [7, 11) is 1.73. The van der Waals surface area contributed by atoms with E-state index >= 15 is 0 Å². The molecule has 0 spiro atoms. The van der Waals surface area contributed by atoms with E-state index in [1.807, 2.05) is 0 Å². The van der Waals surface area contributed by atoms with E-state index < -0.39 is 0 Å². The van der Waals surface area contributed by atoms with Crippen molar-refractivity contribution in [3.63, 3.8) is 0 Å². The highest BCUT2D eigenvalue weighted by molar-refractivity contribution is 4.72. The molecule has 1 aliphatic carbocycles. The first-order chi connectivity index (χ1) is 10.2. The maximum absolute atomic E-state index is 5.71. The monoisotopic (exact) mass is 302 g/mol. The van der Waals surface area contributed by atoms with Gasteiger partial charge in [0, 0.05) is 26.9 Å². The lowest BCUT2D eigenvalue weighted by atomic mass is 9.83. The number of hydrogen-bond acceptors (Lipinski definition) is 4. The predicted molar refractivity (Wildman–Crippen MR) is 84.4 cm³/mol. The molecule has 0 aromatic carbocycles. The van der Waals surface area contributed by atoms with Crippen molar-refractivity contribution in [2.75, 3.05) is 40.3 Å². The van der Waals surface area contributed by atoms with Crippen LogP contribution in [0.2, 0.25) is 0 Å². The molecule has 0 aromatic rings. The van der Waals surface area contributed by atoms with Crippen LogP contribution in [0, 0.1) is 11.8 Å². The standard InChI is InChI=1S/C17H34O4/c1-15(2)21-13-17-8-6-16(7-9-17)12-20-14-19-11-5-4-10-18-3/h15-17H,4-14H2,1-3H3. The second-order valence-electron chi connectivity index (χ2n) is 6.37. The number of rotatable bonds is 12. The number of ether oxygens (including phenoxy) is 4. The third kappa shape index (κ3) is 10.2. The summed E-state index contributed by atoms with van der Waals surface area (Å²) in [6.45, 7) is 8.00. The Hall–Kier alpha value is -0.160. The fourth-order valence-corrected chi connectivity index (χ4v) is 2.68. The Kier molecular flexibility index (Phi) is 11.1. The highest BCUT2D eigenvalue weighted by Crippen LogP contribution is 2.29. The summed E-state index contributed by atoms with van der Waals surface area (Å²) in [6, 6.07) is 0. The molecule has 0 radical (unpaired) electrons. The third-order valence-corrected chi connectivity index (χ3v) is 4.04. The third-order valence-electron chi connectivity index (χ3n) is 4.04. The van der Waals surface area contributed by atoms with Gasteiger partial charge < -0.3 is 18.9 Å². The number of hydrogen-bond donors (Lipinski definition) is 0. The van der Waals surface area contributed by atoms with Crippen LogP contribution >= 0.6 is 0 Å². The topological polar surface area (TPSA) is 36.9 Å². The van der Waals surface area contributed by atoms with Crippen molar-refractivity contribution in [1.29, 1.82) is 0 Å². The van der Waals surface area contributed by atoms with E-state index in [4.69, 9.17) is 18.9 Å². The molecular formula is C17H34O4. The Bertz CT molecular complexity index is 225. The molecular weight excluding hydrogens is 268 g/mol. The Balaban J connectivity index is 1.89. The van der Waals surface area contributed by atoms with E-state index in [0.717, 1.165) is 45.2 Å². The van der Waals surface area contributed by atoms with Gasteiger partial charge in [-0.2, -0.15) is 0 Å². The van der Waals surface area contributed by atoms with Crippen LogP contribution in [0.25, 0.3) is 0 Å². The van der Waals surface area contributed by atoms with Crippen molar-refractivity contribution in [3.8, 4) is 0 Å². The summed E-state index contributed by atoms with van der Waals surface area (Å²) in [6.07, 6.45) is 7.53. The second kappa shape index (κ2) is 12.4. The lowest BCUT2D eigenvalue weighted by Gasteiger charge is -2.28. The molecule has 1 rings (SSSR count). The average Bonchev–Trinajstić information content (AvgIpc) is 2.49. The molecule has 0 atom stereocenters. The molecule has 1 saturated carbocycles. The van der Waals surface area contributed by atoms with Gasteiger partial charge in [-0.15, -0.1) is 0 Å². The van der Waals surface area contributed by atoms with Crippen molar-refractivity contribution in [1.82, 2.24) is 0 Å². The molecule has 0 aliphatic heterocycles. The van der Waals surface area contributed by atoms with Gasteiger partial charge in [-0.3, -0.25) is 0 Å². The minimum absolute atomic E-state index is 0.354. The van der Waals surface area contributed by atoms with E-state index in [2.05, 4.69) is 13.8 Å². The summed E-state index contributed by atoms with van der Waals surface area (Å²) in [5, 5.41) is 0. The maximum atomic E-state index is 5.71. The number of unbranched alkanes of at least 4 members (excludes halogenated alkanes) is 1. The minimum atomic E-state index is 0.354. The largest absolute Gasteiger partial charge is 0.385 e. The van der Waals surface area contributed by atoms with Gasteiger partial charge in [0.2, 0.25) is 0 Å². The minimum Gasteiger partial charge on any atom is -0.385 e. The van der Waals surface area contributed by atoms with Crippen LogP contribution in [-0.4, -0.2) is 46.4 Å². The van der Waals surface area contributed by atoms with E-state index in [0.29, 0.717) is 18.8 Å². The predicted octanol–water partition coefficient (Wildman–Crippen LogP) is 3.64. The van der Waals surface area contributed by atoms with Gasteiger partial charge in [0.1, 0.15) is 6.79 Å². The van der Waals surface area contributed by atoms with Crippen LogP contribution in [0.5, 0.6) is 0 Å². The second-order valence-corrected chi connectivity index (χ2v) is 6.37. The van der Waals surface area contributed by atoms with Gasteiger partial charge in [0.05, 0.1) is 12.7 Å². The molecule has 1 fully saturated rings. The first-order valence-electron chi connectivity index (χ1n) is 8.48. The van der Waals surface area contributed by atoms with Crippen molar-refractivity contribution in [3.05, 3.63) is 0 Å². The zero-order valence-electron chi connectivity index (χ0n) is 14.1. The Morgan fingerprint density at radius 3 is 2.10 bits per heavy atom. The SMILES string of the molecule is COCCCCOCOCC1CCC(COC(C)C)CC1. The Labute approximate surface area is 130 Å². The van der Waals surface area contributed by atoms with Crippen LogP contribution < -0.4 is 0 Å². The molecule has 126 valence electrons. The molecule has 0 saturated heterocycles. The normalized spacial score (nSPS) is 22.9. The summed E-state index contributed by atoms with van der Waals surface area (Å²) in [5.74, 6) is 1.46. The van der Waals surface area contributed by atoms with Gasteiger partial charge in [-0.1, -0.05) is 0 Å². The van der Waals surface area contributed by atoms with Crippen molar-refractivity contribution in [2.24, 2.45) is 11.8 Å². The molecule has 0 unspecified atom stereocenters. The molecule has 0 aromatic heterocycles. The number of methoxy groups -OCH3 is 1. The molecule has 21 heavy (non-hydrogen) atoms. The summed E-state index contributed by atoms with van der Waals surface area (Å²) >= 11 is 0. The van der Waals surface area contributed by atoms with Crippen LogP contribution in [-0.2, 0) is 18.9 Å². The quantitative estimate of drug-likeness (QED) is 0.407. The fourth-order valence-electron chi connectivity index (χ4n) is 2.68. The van der Waals surface area contributed by atoms with Crippen molar-refractivity contribution in [2.45, 2.75) is 58.5 Å². The molecule has 1 aliphatic rings. The van der Waals surface area contributed by atoms with E-state index in [1.165, 1.54) is 25.7 Å².